The Balaban J connectivity index is 1.33. The van der Waals surface area contributed by atoms with Crippen LogP contribution in [0.4, 0.5) is 5.69 Å². The van der Waals surface area contributed by atoms with Crippen LogP contribution in [0.25, 0.3) is 0 Å². The van der Waals surface area contributed by atoms with Crippen molar-refractivity contribution in [3.05, 3.63) is 45.6 Å². The average Bonchev–Trinajstić information content (AvgIpc) is 3.17. The molecule has 2 heterocycles. The van der Waals surface area contributed by atoms with E-state index in [-0.39, 0.29) is 22.8 Å². The van der Waals surface area contributed by atoms with E-state index in [4.69, 9.17) is 0 Å². The third-order valence-corrected chi connectivity index (χ3v) is 9.30. The van der Waals surface area contributed by atoms with Crippen molar-refractivity contribution < 1.29 is 18.0 Å². The maximum atomic E-state index is 13.0. The van der Waals surface area contributed by atoms with Gasteiger partial charge in [0, 0.05) is 36.6 Å². The van der Waals surface area contributed by atoms with Crippen LogP contribution in [0.1, 0.15) is 53.2 Å². The number of hydrogen-bond donors (Lipinski definition) is 2. The van der Waals surface area contributed by atoms with Crippen molar-refractivity contribution in [3.8, 4) is 0 Å². The minimum atomic E-state index is -3.61. The van der Waals surface area contributed by atoms with Gasteiger partial charge in [-0.2, -0.15) is 4.31 Å². The van der Waals surface area contributed by atoms with Gasteiger partial charge in [-0.3, -0.25) is 9.59 Å². The second-order valence-electron chi connectivity index (χ2n) is 8.76. The monoisotopic (exact) mass is 475 g/mol. The molecule has 9 heteroatoms. The molecule has 1 aromatic carbocycles. The van der Waals surface area contributed by atoms with E-state index in [0.29, 0.717) is 37.5 Å². The highest BCUT2D eigenvalue weighted by Gasteiger charge is 2.30. The van der Waals surface area contributed by atoms with Crippen LogP contribution in [0.3, 0.4) is 0 Å². The molecule has 0 bridgehead atoms. The Morgan fingerprint density at radius 1 is 1.09 bits per heavy atom. The number of nitrogens with zero attached hydrogens (tertiary/aromatic N) is 1. The van der Waals surface area contributed by atoms with Gasteiger partial charge in [-0.15, -0.1) is 11.3 Å². The number of rotatable bonds is 5. The minimum Gasteiger partial charge on any atom is -0.349 e. The summed E-state index contributed by atoms with van der Waals surface area (Å²) in [6.45, 7) is 4.37. The number of thiophene rings is 1. The Morgan fingerprint density at radius 2 is 1.78 bits per heavy atom. The summed E-state index contributed by atoms with van der Waals surface area (Å²) < 4.78 is 27.4. The molecule has 1 unspecified atom stereocenters. The summed E-state index contributed by atoms with van der Waals surface area (Å²) in [6, 6.07) is 8.19. The Kier molecular flexibility index (Phi) is 6.69. The molecule has 2 amide bonds. The van der Waals surface area contributed by atoms with Crippen molar-refractivity contribution in [2.75, 3.05) is 18.4 Å². The molecular formula is C23H29N3O4S2. The van der Waals surface area contributed by atoms with Crippen molar-refractivity contribution >= 4 is 38.9 Å². The van der Waals surface area contributed by atoms with Gasteiger partial charge in [-0.1, -0.05) is 6.92 Å². The lowest BCUT2D eigenvalue weighted by atomic mass is 9.90. The van der Waals surface area contributed by atoms with E-state index in [2.05, 4.69) is 17.6 Å². The second-order valence-corrected chi connectivity index (χ2v) is 11.8. The lowest BCUT2D eigenvalue weighted by Crippen LogP contribution is -2.46. The highest BCUT2D eigenvalue weighted by atomic mass is 32.2. The normalized spacial score (nSPS) is 19.9. The Bertz CT molecular complexity index is 1100. The van der Waals surface area contributed by atoms with Crippen LogP contribution in [0.2, 0.25) is 0 Å². The molecule has 7 nitrogen and oxygen atoms in total. The summed E-state index contributed by atoms with van der Waals surface area (Å²) in [4.78, 5) is 26.2. The molecule has 0 spiro atoms. The number of piperidine rings is 1. The zero-order chi connectivity index (χ0) is 22.9. The van der Waals surface area contributed by atoms with Crippen molar-refractivity contribution in [1.82, 2.24) is 9.62 Å². The molecule has 2 N–H and O–H groups in total. The number of benzene rings is 1. The summed E-state index contributed by atoms with van der Waals surface area (Å²) in [5, 5.41) is 5.73. The first-order chi connectivity index (χ1) is 15.2. The van der Waals surface area contributed by atoms with Crippen LogP contribution in [-0.4, -0.2) is 43.7 Å². The molecule has 1 saturated heterocycles. The van der Waals surface area contributed by atoms with E-state index in [1.54, 1.807) is 23.5 Å². The number of hydrogen-bond acceptors (Lipinski definition) is 5. The minimum absolute atomic E-state index is 0.0332. The van der Waals surface area contributed by atoms with Gasteiger partial charge in [0.1, 0.15) is 0 Å². The highest BCUT2D eigenvalue weighted by Crippen LogP contribution is 2.32. The molecule has 32 heavy (non-hydrogen) atoms. The van der Waals surface area contributed by atoms with E-state index in [1.165, 1.54) is 40.2 Å². The van der Waals surface area contributed by atoms with E-state index in [1.807, 2.05) is 6.07 Å². The first-order valence-electron chi connectivity index (χ1n) is 11.0. The Labute approximate surface area is 193 Å². The van der Waals surface area contributed by atoms with Crippen LogP contribution in [0.15, 0.2) is 35.2 Å². The predicted molar refractivity (Wildman–Crippen MR) is 126 cm³/mol. The van der Waals surface area contributed by atoms with Crippen molar-refractivity contribution in [1.29, 1.82) is 0 Å². The molecule has 2 aliphatic rings. The molecular weight excluding hydrogens is 446 g/mol. The number of carbonyl (C=O) groups excluding carboxylic acids is 2. The molecule has 2 aromatic rings. The Morgan fingerprint density at radius 3 is 2.44 bits per heavy atom. The molecule has 1 aliphatic heterocycles. The lowest BCUT2D eigenvalue weighted by Gasteiger charge is -2.31. The summed E-state index contributed by atoms with van der Waals surface area (Å²) in [5.74, 6) is 0.412. The maximum absolute atomic E-state index is 13.0. The van der Waals surface area contributed by atoms with E-state index in [0.717, 1.165) is 17.7 Å². The fourth-order valence-corrected chi connectivity index (χ4v) is 6.96. The van der Waals surface area contributed by atoms with Crippen LogP contribution >= 0.6 is 11.3 Å². The smallest absolute Gasteiger partial charge is 0.261 e. The Hall–Kier alpha value is -2.23. The quantitative estimate of drug-likeness (QED) is 0.693. The highest BCUT2D eigenvalue weighted by molar-refractivity contribution is 7.89. The van der Waals surface area contributed by atoms with Gasteiger partial charge in [-0.05, 0) is 73.9 Å². The van der Waals surface area contributed by atoms with Crippen molar-refractivity contribution in [3.63, 3.8) is 0 Å². The summed E-state index contributed by atoms with van der Waals surface area (Å²) in [7, 11) is -3.61. The van der Waals surface area contributed by atoms with Gasteiger partial charge in [-0.25, -0.2) is 8.42 Å². The molecule has 1 atom stereocenters. The fourth-order valence-electron chi connectivity index (χ4n) is 4.38. The van der Waals surface area contributed by atoms with E-state index in [9.17, 15) is 18.0 Å². The lowest BCUT2D eigenvalue weighted by molar-refractivity contribution is -0.114. The topological polar surface area (TPSA) is 95.6 Å². The molecule has 1 aromatic heterocycles. The number of amides is 2. The largest absolute Gasteiger partial charge is 0.349 e. The van der Waals surface area contributed by atoms with Gasteiger partial charge >= 0.3 is 0 Å². The van der Waals surface area contributed by atoms with Crippen molar-refractivity contribution in [2.24, 2.45) is 5.92 Å². The zero-order valence-corrected chi connectivity index (χ0v) is 20.0. The van der Waals surface area contributed by atoms with Gasteiger partial charge in [0.25, 0.3) is 5.91 Å². The number of carbonyl (C=O) groups is 2. The van der Waals surface area contributed by atoms with Gasteiger partial charge in [0.15, 0.2) is 0 Å². The molecule has 0 radical (unpaired) electrons. The summed E-state index contributed by atoms with van der Waals surface area (Å²) in [6.07, 6.45) is 4.43. The van der Waals surface area contributed by atoms with Crippen LogP contribution in [0, 0.1) is 5.92 Å². The first-order valence-corrected chi connectivity index (χ1v) is 13.3. The number of sulfonamides is 1. The van der Waals surface area contributed by atoms with Crippen molar-refractivity contribution in [2.45, 2.75) is 56.9 Å². The first kappa shape index (κ1) is 22.9. The maximum Gasteiger partial charge on any atom is 0.261 e. The standard InChI is InChI=1S/C23H29N3O4S2/c1-15-3-8-21-17(13-15)14-22(31-21)23(28)25-19-9-11-26(12-10-19)32(29,30)20-6-4-18(5-7-20)24-16(2)27/h4-7,14-15,19H,3,8-13H2,1-2H3,(H,24,27)(H,25,28). The molecule has 4 rings (SSSR count). The number of fused-ring (bicyclic) bond motifs is 1. The van der Waals surface area contributed by atoms with Crippen LogP contribution in [0.5, 0.6) is 0 Å². The third kappa shape index (κ3) is 5.05. The molecule has 1 fully saturated rings. The van der Waals surface area contributed by atoms with Gasteiger partial charge in [0.05, 0.1) is 9.77 Å². The SMILES string of the molecule is CC(=O)Nc1ccc(S(=O)(=O)N2CCC(NC(=O)c3cc4c(s3)CCC(C)C4)CC2)cc1. The third-order valence-electron chi connectivity index (χ3n) is 6.15. The van der Waals surface area contributed by atoms with E-state index >= 15 is 0 Å². The summed E-state index contributed by atoms with van der Waals surface area (Å²) >= 11 is 1.60. The van der Waals surface area contributed by atoms with Crippen LogP contribution < -0.4 is 10.6 Å². The number of nitrogens with one attached hydrogen (secondary N) is 2. The number of aryl methyl sites for hydroxylation is 1. The second kappa shape index (κ2) is 9.33. The fraction of sp³-hybridized carbons (Fsp3) is 0.478. The van der Waals surface area contributed by atoms with Crippen LogP contribution in [-0.2, 0) is 27.7 Å². The van der Waals surface area contributed by atoms with E-state index < -0.39 is 10.0 Å². The van der Waals surface area contributed by atoms with Gasteiger partial charge < -0.3 is 10.6 Å². The average molecular weight is 476 g/mol. The predicted octanol–water partition coefficient (Wildman–Crippen LogP) is 3.41. The summed E-state index contributed by atoms with van der Waals surface area (Å²) in [5.41, 5.74) is 1.87. The molecule has 0 saturated carbocycles. The molecule has 172 valence electrons. The zero-order valence-electron chi connectivity index (χ0n) is 18.4. The molecule has 1 aliphatic carbocycles. The van der Waals surface area contributed by atoms with Gasteiger partial charge in [0.2, 0.25) is 15.9 Å². The number of anilines is 1.